The molecule has 0 aliphatic heterocycles. The van der Waals surface area contributed by atoms with Gasteiger partial charge in [-0.2, -0.15) is 0 Å². The third kappa shape index (κ3) is 11.4. The Morgan fingerprint density at radius 1 is 0.824 bits per heavy atom. The summed E-state index contributed by atoms with van der Waals surface area (Å²) in [5.74, 6) is 0. The summed E-state index contributed by atoms with van der Waals surface area (Å²) in [5.41, 5.74) is 0. The first kappa shape index (κ1) is 17.6. The number of hydrogen-bond donors (Lipinski definition) is 0. The van der Waals surface area contributed by atoms with Gasteiger partial charge in [0.2, 0.25) is 0 Å². The van der Waals surface area contributed by atoms with E-state index in [1.54, 1.807) is 0 Å². The van der Waals surface area contributed by atoms with Crippen LogP contribution in [0.2, 0.25) is 0 Å². The minimum absolute atomic E-state index is 0.0550. The zero-order chi connectivity index (χ0) is 13.5. The van der Waals surface area contributed by atoms with Crippen LogP contribution < -0.4 is 0 Å². The molecule has 7 heteroatoms. The standard InChI is InChI=1S/C10H15F6.Na/c11-8(9(12)13)6-4-2-1-3-5-7-10(14,15)16;/h8H,1-7H2;. The monoisotopic (exact) mass is 272 g/mol. The van der Waals surface area contributed by atoms with Gasteiger partial charge >= 0.3 is 115 Å². The summed E-state index contributed by atoms with van der Waals surface area (Å²) in [4.78, 5) is 0. The number of halogens is 6. The second kappa shape index (κ2) is 7.89. The first-order valence-electron chi connectivity index (χ1n) is 5.71. The molecule has 1 atom stereocenters. The van der Waals surface area contributed by atoms with E-state index in [2.05, 4.69) is 0 Å². The van der Waals surface area contributed by atoms with E-state index in [1.165, 1.54) is 0 Å². The summed E-state index contributed by atoms with van der Waals surface area (Å²) < 4.78 is 69.7. The van der Waals surface area contributed by atoms with Gasteiger partial charge in [-0.05, 0) is 0 Å². The molecule has 0 aromatic rings. The van der Waals surface area contributed by atoms with Crippen molar-refractivity contribution in [2.45, 2.75) is 60.5 Å². The molecule has 0 saturated carbocycles. The predicted molar refractivity (Wildman–Crippen MR) is 54.0 cm³/mol. The normalized spacial score (nSPS) is 15.1. The van der Waals surface area contributed by atoms with Crippen molar-refractivity contribution in [2.75, 3.05) is 0 Å². The fraction of sp³-hybridized carbons (Fsp3) is 1.00. The molecule has 0 saturated heterocycles. The molecule has 0 radical (unpaired) electrons. The summed E-state index contributed by atoms with van der Waals surface area (Å²) in [5, 5.41) is 0. The van der Waals surface area contributed by atoms with Crippen LogP contribution in [0.5, 0.6) is 0 Å². The van der Waals surface area contributed by atoms with E-state index in [0.717, 1.165) is 0 Å². The maximum absolute atomic E-state index is 12.8. The summed E-state index contributed by atoms with van der Waals surface area (Å²) in [6, 6.07) is 0. The zero-order valence-corrected chi connectivity index (χ0v) is 11.8. The van der Waals surface area contributed by atoms with Crippen molar-refractivity contribution in [1.29, 1.82) is 0 Å². The SMILES string of the molecule is FC(CCCCCCCC(F)(F)F)[C](F)(F)[Na]. The van der Waals surface area contributed by atoms with Crippen molar-refractivity contribution in [3.8, 4) is 0 Å². The van der Waals surface area contributed by atoms with Gasteiger partial charge in [0.25, 0.3) is 0 Å². The Labute approximate surface area is 115 Å². The molecule has 1 unspecified atom stereocenters. The molecular formula is C10H15F6Na. The van der Waals surface area contributed by atoms with Crippen LogP contribution in [0, 0.1) is 0 Å². The maximum atomic E-state index is 12.8. The van der Waals surface area contributed by atoms with E-state index >= 15 is 0 Å². The zero-order valence-electron chi connectivity index (χ0n) is 9.79. The van der Waals surface area contributed by atoms with E-state index in [9.17, 15) is 26.3 Å². The summed E-state index contributed by atoms with van der Waals surface area (Å²) in [7, 11) is 0. The Morgan fingerprint density at radius 2 is 1.29 bits per heavy atom. The van der Waals surface area contributed by atoms with Gasteiger partial charge in [0, 0.05) is 0 Å². The van der Waals surface area contributed by atoms with Gasteiger partial charge in [0.15, 0.2) is 0 Å². The Bertz CT molecular complexity index is 198. The molecule has 0 nitrogen and oxygen atoms in total. The minimum atomic E-state index is -4.13. The van der Waals surface area contributed by atoms with Crippen molar-refractivity contribution in [1.82, 2.24) is 0 Å². The fourth-order valence-corrected chi connectivity index (χ4v) is 1.72. The van der Waals surface area contributed by atoms with E-state index in [4.69, 9.17) is 0 Å². The molecule has 17 heavy (non-hydrogen) atoms. The van der Waals surface area contributed by atoms with Gasteiger partial charge in [0.1, 0.15) is 0 Å². The molecule has 0 aliphatic rings. The molecule has 0 fully saturated rings. The van der Waals surface area contributed by atoms with Gasteiger partial charge in [-0.15, -0.1) is 0 Å². The van der Waals surface area contributed by atoms with Crippen LogP contribution in [-0.2, 0) is 0 Å². The van der Waals surface area contributed by atoms with Gasteiger partial charge in [0.05, 0.1) is 0 Å². The van der Waals surface area contributed by atoms with E-state index in [-0.39, 0.29) is 12.8 Å². The van der Waals surface area contributed by atoms with E-state index < -0.39 is 49.9 Å². The van der Waals surface area contributed by atoms with E-state index in [0.29, 0.717) is 25.7 Å². The number of alkyl halides is 6. The van der Waals surface area contributed by atoms with Crippen LogP contribution in [0.4, 0.5) is 26.3 Å². The first-order chi connectivity index (χ1) is 7.63. The van der Waals surface area contributed by atoms with Crippen LogP contribution in [-0.4, -0.2) is 43.5 Å². The van der Waals surface area contributed by atoms with Crippen LogP contribution in [0.25, 0.3) is 0 Å². The molecule has 0 heterocycles. The van der Waals surface area contributed by atoms with Gasteiger partial charge in [-0.1, -0.05) is 0 Å². The Balaban J connectivity index is 3.36. The van der Waals surface area contributed by atoms with Crippen LogP contribution >= 0.6 is 0 Å². The van der Waals surface area contributed by atoms with E-state index in [1.807, 2.05) is 0 Å². The molecule has 0 rings (SSSR count). The Morgan fingerprint density at radius 3 is 1.76 bits per heavy atom. The molecule has 0 aliphatic carbocycles. The second-order valence-corrected chi connectivity index (χ2v) is 5.68. The molecule has 0 amide bonds. The van der Waals surface area contributed by atoms with Crippen LogP contribution in [0.1, 0.15) is 44.9 Å². The number of rotatable bonds is 8. The molecule has 0 bridgehead atoms. The van der Waals surface area contributed by atoms with Gasteiger partial charge in [-0.3, -0.25) is 0 Å². The Kier molecular flexibility index (Phi) is 8.16. The first-order valence-corrected chi connectivity index (χ1v) is 6.71. The fourth-order valence-electron chi connectivity index (χ4n) is 1.43. The van der Waals surface area contributed by atoms with Crippen molar-refractivity contribution in [3.05, 3.63) is 0 Å². The topological polar surface area (TPSA) is 0 Å². The second-order valence-electron chi connectivity index (χ2n) is 4.35. The predicted octanol–water partition coefficient (Wildman–Crippen LogP) is 4.38. The molecule has 98 valence electrons. The summed E-state index contributed by atoms with van der Waals surface area (Å²) in [6.07, 6.45) is -5.40. The number of hydrogen-bond acceptors (Lipinski definition) is 0. The molecule has 0 aromatic heterocycles. The summed E-state index contributed by atoms with van der Waals surface area (Å²) in [6.45, 7) is 0. The molecule has 0 spiro atoms. The Hall–Kier alpha value is 0.580. The third-order valence-electron chi connectivity index (χ3n) is 2.47. The number of unbranched alkanes of at least 4 members (excludes halogenated alkanes) is 4. The molecular weight excluding hydrogens is 257 g/mol. The molecule has 0 N–H and O–H groups in total. The van der Waals surface area contributed by atoms with Crippen molar-refractivity contribution >= 4 is 27.9 Å². The van der Waals surface area contributed by atoms with Crippen molar-refractivity contribution in [2.24, 2.45) is 0 Å². The summed E-state index contributed by atoms with van der Waals surface area (Å²) >= 11 is -0.507. The van der Waals surface area contributed by atoms with Crippen LogP contribution in [0.3, 0.4) is 0 Å². The van der Waals surface area contributed by atoms with Crippen molar-refractivity contribution in [3.63, 3.8) is 0 Å². The molecule has 0 aromatic carbocycles. The average Bonchev–Trinajstić information content (AvgIpc) is 2.12. The van der Waals surface area contributed by atoms with Gasteiger partial charge in [-0.25, -0.2) is 0 Å². The third-order valence-corrected chi connectivity index (χ3v) is 3.09. The average molecular weight is 272 g/mol. The van der Waals surface area contributed by atoms with Crippen LogP contribution in [0.15, 0.2) is 0 Å². The van der Waals surface area contributed by atoms with Crippen molar-refractivity contribution < 1.29 is 26.3 Å². The van der Waals surface area contributed by atoms with Gasteiger partial charge < -0.3 is 0 Å². The quantitative estimate of drug-likeness (QED) is 0.349.